The zero-order valence-electron chi connectivity index (χ0n) is 10.2. The van der Waals surface area contributed by atoms with Crippen LogP contribution in [0.15, 0.2) is 28.4 Å². The van der Waals surface area contributed by atoms with Crippen LogP contribution in [0.3, 0.4) is 0 Å². The molecule has 2 amide bonds. The van der Waals surface area contributed by atoms with E-state index in [9.17, 15) is 9.59 Å². The van der Waals surface area contributed by atoms with Crippen molar-refractivity contribution >= 4 is 46.9 Å². The first-order valence-electron chi connectivity index (χ1n) is 5.66. The summed E-state index contributed by atoms with van der Waals surface area (Å²) in [5.74, 6) is -0.598. The van der Waals surface area contributed by atoms with Crippen LogP contribution in [-0.2, 0) is 9.59 Å². The number of rotatable bonds is 4. The molecule has 104 valence electrons. The molecule has 0 aromatic heterocycles. The zero-order valence-corrected chi connectivity index (χ0v) is 11.7. The molecular formula is C12H10Cl2N4O2. The first kappa shape index (κ1) is 14.5. The first-order valence-corrected chi connectivity index (χ1v) is 6.42. The van der Waals surface area contributed by atoms with Crippen molar-refractivity contribution in [3.63, 3.8) is 0 Å². The third-order valence-corrected chi connectivity index (χ3v) is 3.11. The van der Waals surface area contributed by atoms with E-state index in [2.05, 4.69) is 21.1 Å². The minimum absolute atomic E-state index is 0.00628. The molecule has 1 heterocycles. The fourth-order valence-corrected chi connectivity index (χ4v) is 2.03. The largest absolute Gasteiger partial charge is 0.273 e. The molecule has 1 aliphatic rings. The molecule has 6 nitrogen and oxygen atoms in total. The van der Waals surface area contributed by atoms with Gasteiger partial charge in [-0.1, -0.05) is 29.3 Å². The van der Waals surface area contributed by atoms with Crippen molar-refractivity contribution in [2.75, 3.05) is 0 Å². The number of carbonyl (C=O) groups is 2. The number of amides is 2. The van der Waals surface area contributed by atoms with E-state index in [-0.39, 0.29) is 24.7 Å². The van der Waals surface area contributed by atoms with Crippen LogP contribution in [0.25, 0.3) is 0 Å². The van der Waals surface area contributed by atoms with E-state index < -0.39 is 0 Å². The van der Waals surface area contributed by atoms with Crippen molar-refractivity contribution in [2.24, 2.45) is 10.2 Å². The monoisotopic (exact) mass is 312 g/mol. The summed E-state index contributed by atoms with van der Waals surface area (Å²) in [6.45, 7) is 0. The molecule has 0 saturated carbocycles. The summed E-state index contributed by atoms with van der Waals surface area (Å²) in [5.41, 5.74) is 5.58. The smallest absolute Gasteiger partial charge is 0.245 e. The number of halogens is 2. The highest BCUT2D eigenvalue weighted by Crippen LogP contribution is 2.21. The predicted octanol–water partition coefficient (Wildman–Crippen LogP) is 1.71. The van der Waals surface area contributed by atoms with Gasteiger partial charge in [0.05, 0.1) is 34.8 Å². The highest BCUT2D eigenvalue weighted by molar-refractivity contribution is 6.38. The van der Waals surface area contributed by atoms with Crippen molar-refractivity contribution < 1.29 is 9.59 Å². The van der Waals surface area contributed by atoms with Crippen molar-refractivity contribution in [1.29, 1.82) is 0 Å². The molecule has 0 unspecified atom stereocenters. The van der Waals surface area contributed by atoms with Gasteiger partial charge in [-0.25, -0.2) is 10.9 Å². The highest BCUT2D eigenvalue weighted by atomic mass is 35.5. The second-order valence-corrected chi connectivity index (χ2v) is 4.81. The van der Waals surface area contributed by atoms with Crippen LogP contribution in [0.5, 0.6) is 0 Å². The minimum Gasteiger partial charge on any atom is -0.273 e. The van der Waals surface area contributed by atoms with Crippen molar-refractivity contribution in [1.82, 2.24) is 10.9 Å². The Hall–Kier alpha value is -1.92. The lowest BCUT2D eigenvalue weighted by atomic mass is 10.2. The fourth-order valence-electron chi connectivity index (χ4n) is 1.54. The maximum Gasteiger partial charge on any atom is 0.245 e. The molecule has 0 aliphatic carbocycles. The summed E-state index contributed by atoms with van der Waals surface area (Å²) < 4.78 is 0. The maximum atomic E-state index is 11.6. The fraction of sp³-hybridized carbons (Fsp3) is 0.167. The van der Waals surface area contributed by atoms with Crippen molar-refractivity contribution in [3.05, 3.63) is 33.8 Å². The number of hydrogen-bond acceptors (Lipinski definition) is 4. The van der Waals surface area contributed by atoms with Gasteiger partial charge >= 0.3 is 0 Å². The quantitative estimate of drug-likeness (QED) is 0.655. The van der Waals surface area contributed by atoms with E-state index in [0.717, 1.165) is 0 Å². The van der Waals surface area contributed by atoms with Crippen LogP contribution >= 0.6 is 23.2 Å². The van der Waals surface area contributed by atoms with Gasteiger partial charge in [0.15, 0.2) is 0 Å². The zero-order chi connectivity index (χ0) is 14.5. The van der Waals surface area contributed by atoms with Crippen LogP contribution in [0, 0.1) is 0 Å². The Morgan fingerprint density at radius 1 is 1.45 bits per heavy atom. The van der Waals surface area contributed by atoms with Crippen LogP contribution in [0.4, 0.5) is 0 Å². The lowest BCUT2D eigenvalue weighted by molar-refractivity contribution is -0.119. The average Bonchev–Trinajstić information content (AvgIpc) is 2.78. The molecule has 0 atom stereocenters. The Balaban J connectivity index is 1.90. The normalized spacial score (nSPS) is 14.3. The molecule has 0 fully saturated rings. The number of hydrazone groups is 2. The topological polar surface area (TPSA) is 82.9 Å². The van der Waals surface area contributed by atoms with Crippen molar-refractivity contribution in [3.8, 4) is 0 Å². The molecule has 8 heteroatoms. The molecule has 1 aliphatic heterocycles. The van der Waals surface area contributed by atoms with Gasteiger partial charge < -0.3 is 0 Å². The molecule has 2 N–H and O–H groups in total. The summed E-state index contributed by atoms with van der Waals surface area (Å²) in [7, 11) is 0. The standard InChI is InChI=1S/C12H10Cl2N4O2/c13-9-2-1-3-10(14)8(9)6-15-17-11(19)4-7-5-12(20)18-16-7/h1-3,6H,4-5H2,(H,17,19)(H,18,20). The molecule has 0 saturated heterocycles. The van der Waals surface area contributed by atoms with Gasteiger partial charge in [0.2, 0.25) is 11.8 Å². The molecule has 2 rings (SSSR count). The van der Waals surface area contributed by atoms with E-state index in [1.54, 1.807) is 18.2 Å². The highest BCUT2D eigenvalue weighted by Gasteiger charge is 2.17. The Bertz CT molecular complexity index is 593. The number of carbonyl (C=O) groups excluding carboxylic acids is 2. The van der Waals surface area contributed by atoms with Crippen LogP contribution in [-0.4, -0.2) is 23.7 Å². The van der Waals surface area contributed by atoms with Gasteiger partial charge in [-0.2, -0.15) is 10.2 Å². The van der Waals surface area contributed by atoms with E-state index in [1.807, 2.05) is 0 Å². The van der Waals surface area contributed by atoms with E-state index >= 15 is 0 Å². The van der Waals surface area contributed by atoms with Gasteiger partial charge in [-0.15, -0.1) is 0 Å². The third kappa shape index (κ3) is 3.79. The van der Waals surface area contributed by atoms with Gasteiger partial charge in [0, 0.05) is 5.56 Å². The van der Waals surface area contributed by atoms with E-state index in [4.69, 9.17) is 23.2 Å². The van der Waals surface area contributed by atoms with Crippen LogP contribution < -0.4 is 10.9 Å². The molecule has 0 bridgehead atoms. The summed E-state index contributed by atoms with van der Waals surface area (Å²) in [6.07, 6.45) is 1.50. The second kappa shape index (κ2) is 6.49. The molecule has 20 heavy (non-hydrogen) atoms. The summed E-state index contributed by atoms with van der Waals surface area (Å²) in [4.78, 5) is 22.4. The average molecular weight is 313 g/mol. The lowest BCUT2D eigenvalue weighted by Gasteiger charge is -2.01. The SMILES string of the molecule is O=C(CC1=NNC(=O)C1)NN=Cc1c(Cl)cccc1Cl. The Labute approximate surface area is 124 Å². The Morgan fingerprint density at radius 3 is 2.75 bits per heavy atom. The third-order valence-electron chi connectivity index (χ3n) is 2.45. The summed E-state index contributed by atoms with van der Waals surface area (Å²) in [5, 5.41) is 8.36. The summed E-state index contributed by atoms with van der Waals surface area (Å²) >= 11 is 11.9. The molecule has 1 aromatic rings. The van der Waals surface area contributed by atoms with E-state index in [0.29, 0.717) is 21.3 Å². The van der Waals surface area contributed by atoms with Crippen LogP contribution in [0.2, 0.25) is 10.0 Å². The van der Waals surface area contributed by atoms with Crippen molar-refractivity contribution in [2.45, 2.75) is 12.8 Å². The first-order chi connectivity index (χ1) is 9.56. The second-order valence-electron chi connectivity index (χ2n) is 4.00. The Kier molecular flexibility index (Phi) is 4.70. The molecule has 1 aromatic carbocycles. The number of hydrogen-bond donors (Lipinski definition) is 2. The number of benzene rings is 1. The van der Waals surface area contributed by atoms with Gasteiger partial charge in [0.1, 0.15) is 0 Å². The summed E-state index contributed by atoms with van der Waals surface area (Å²) in [6, 6.07) is 5.05. The maximum absolute atomic E-state index is 11.6. The molecule has 0 radical (unpaired) electrons. The number of nitrogens with one attached hydrogen (secondary N) is 2. The Morgan fingerprint density at radius 2 is 2.15 bits per heavy atom. The molecular weight excluding hydrogens is 303 g/mol. The van der Waals surface area contributed by atoms with Gasteiger partial charge in [-0.05, 0) is 12.1 Å². The number of nitrogens with zero attached hydrogens (tertiary/aromatic N) is 2. The van der Waals surface area contributed by atoms with Crippen LogP contribution in [0.1, 0.15) is 18.4 Å². The predicted molar refractivity (Wildman–Crippen MR) is 77.0 cm³/mol. The van der Waals surface area contributed by atoms with Gasteiger partial charge in [-0.3, -0.25) is 9.59 Å². The van der Waals surface area contributed by atoms with E-state index in [1.165, 1.54) is 6.21 Å². The van der Waals surface area contributed by atoms with Gasteiger partial charge in [0.25, 0.3) is 0 Å². The molecule has 0 spiro atoms. The minimum atomic E-state index is -0.375. The lowest BCUT2D eigenvalue weighted by Crippen LogP contribution is -2.20.